The molecule has 0 saturated heterocycles. The number of para-hydroxylation sites is 4. The van der Waals surface area contributed by atoms with Gasteiger partial charge in [-0.1, -0.05) is 243 Å². The minimum absolute atomic E-state index is 1.13. The van der Waals surface area contributed by atoms with Gasteiger partial charge in [0.1, 0.15) is 0 Å². The van der Waals surface area contributed by atoms with Crippen LogP contribution in [0.5, 0.6) is 0 Å². The maximum Gasteiger partial charge on any atom is 0.0541 e. The summed E-state index contributed by atoms with van der Waals surface area (Å²) in [6.07, 6.45) is 8.81. The van der Waals surface area contributed by atoms with E-state index < -0.39 is 0 Å². The summed E-state index contributed by atoms with van der Waals surface area (Å²) in [4.78, 5) is 0. The first-order valence-corrected chi connectivity index (χ1v) is 27.6. The van der Waals surface area contributed by atoms with E-state index in [0.717, 1.165) is 33.6 Å². The summed E-state index contributed by atoms with van der Waals surface area (Å²) < 4.78 is 4.81. The van der Waals surface area contributed by atoms with E-state index in [0.29, 0.717) is 0 Å². The summed E-state index contributed by atoms with van der Waals surface area (Å²) in [7, 11) is 0. The first-order chi connectivity index (χ1) is 39.7. The summed E-state index contributed by atoms with van der Waals surface area (Å²) in [6.45, 7) is 0. The fraction of sp³-hybridized carbons (Fsp3) is 0. The molecule has 2 aromatic heterocycles. The molecule has 2 heterocycles. The van der Waals surface area contributed by atoms with Gasteiger partial charge in [-0.15, -0.1) is 0 Å². The van der Waals surface area contributed by atoms with E-state index in [9.17, 15) is 0 Å². The molecule has 0 atom stereocenters. The number of nitrogens with zero attached hydrogens (tertiary/aromatic N) is 2. The van der Waals surface area contributed by atoms with E-state index in [1.54, 1.807) is 0 Å². The zero-order chi connectivity index (χ0) is 52.9. The summed E-state index contributed by atoms with van der Waals surface area (Å²) in [5, 5.41) is 9.81. The first-order valence-electron chi connectivity index (χ1n) is 27.6. The van der Waals surface area contributed by atoms with Gasteiger partial charge in [-0.2, -0.15) is 0 Å². The predicted octanol–water partition coefficient (Wildman–Crippen LogP) is 21.2. The van der Waals surface area contributed by atoms with E-state index in [1.165, 1.54) is 110 Å². The van der Waals surface area contributed by atoms with Crippen molar-refractivity contribution in [3.63, 3.8) is 0 Å². The third kappa shape index (κ3) is 8.30. The third-order valence-corrected chi connectivity index (χ3v) is 16.1. The van der Waals surface area contributed by atoms with Crippen LogP contribution in [0.2, 0.25) is 0 Å². The molecule has 0 unspecified atom stereocenters. The average Bonchev–Trinajstić information content (AvgIpc) is 4.12. The van der Waals surface area contributed by atoms with Crippen LogP contribution in [0.1, 0.15) is 22.3 Å². The molecule has 0 fully saturated rings. The van der Waals surface area contributed by atoms with Crippen molar-refractivity contribution in [2.24, 2.45) is 0 Å². The lowest BCUT2D eigenvalue weighted by atomic mass is 9.83. The van der Waals surface area contributed by atoms with Crippen LogP contribution < -0.4 is 0 Å². The Hall–Kier alpha value is -10.5. The lowest BCUT2D eigenvalue weighted by Gasteiger charge is -2.20. The lowest BCUT2D eigenvalue weighted by Crippen LogP contribution is -1.96. The van der Waals surface area contributed by atoms with Crippen LogP contribution >= 0.6 is 0 Å². The third-order valence-electron chi connectivity index (χ3n) is 16.1. The number of benzene rings is 13. The standard InChI is InChI=1S/C78H52N2/c1-3-17-53(18-4-1)33-35-55-21-15-23-59(49-55)61-41-47-69-71(51-61)77(57-37-43-63(44-38-57)79-73-29-11-7-25-65(73)66-26-8-12-30-74(66)79)70-48-42-62(60-24-16-22-56(50-60)36-34-54-19-5-2-6-20-54)52-72(70)78(69)58-39-45-64(46-40-58)80-75-31-13-9-27-67(75)68-28-10-14-32-76(68)80/h1-52H. The second-order valence-corrected chi connectivity index (χ2v) is 20.8. The Morgan fingerprint density at radius 1 is 0.188 bits per heavy atom. The number of hydrogen-bond acceptors (Lipinski definition) is 0. The highest BCUT2D eigenvalue weighted by atomic mass is 15.0. The van der Waals surface area contributed by atoms with Crippen molar-refractivity contribution in [1.82, 2.24) is 9.13 Å². The van der Waals surface area contributed by atoms with Crippen molar-refractivity contribution >= 4 is 89.5 Å². The van der Waals surface area contributed by atoms with Crippen molar-refractivity contribution in [1.29, 1.82) is 0 Å². The molecule has 0 aliphatic heterocycles. The SMILES string of the molecule is C(=Cc1cccc(-c2ccc3c(-c4ccc(-n5c6ccccc6c6ccccc65)cc4)c4cc(-c5cccc(C=Cc6ccccc6)c5)ccc4c(-c4ccc(-n5c6ccccc6c6ccccc65)cc4)c3c2)c1)c1ccccc1. The molecule has 15 rings (SSSR count). The van der Waals surface area contributed by atoms with Crippen molar-refractivity contribution in [3.8, 4) is 55.9 Å². The molecule has 80 heavy (non-hydrogen) atoms. The molecule has 0 bridgehead atoms. The molecule has 13 aromatic carbocycles. The molecule has 0 aliphatic rings. The van der Waals surface area contributed by atoms with E-state index >= 15 is 0 Å². The molecule has 2 heteroatoms. The van der Waals surface area contributed by atoms with E-state index in [1.807, 2.05) is 0 Å². The van der Waals surface area contributed by atoms with E-state index in [4.69, 9.17) is 0 Å². The molecule has 0 spiro atoms. The minimum atomic E-state index is 1.13. The first kappa shape index (κ1) is 46.7. The van der Waals surface area contributed by atoms with Crippen LogP contribution in [0.4, 0.5) is 0 Å². The fourth-order valence-corrected chi connectivity index (χ4v) is 12.3. The Bertz CT molecular complexity index is 4480. The maximum absolute atomic E-state index is 2.44. The number of rotatable bonds is 10. The predicted molar refractivity (Wildman–Crippen MR) is 343 cm³/mol. The van der Waals surface area contributed by atoms with Gasteiger partial charge in [0.2, 0.25) is 0 Å². The number of aromatic nitrogens is 2. The molecule has 0 aliphatic carbocycles. The van der Waals surface area contributed by atoms with Crippen LogP contribution in [0.3, 0.4) is 0 Å². The minimum Gasteiger partial charge on any atom is -0.309 e. The molecular weight excluding hydrogens is 965 g/mol. The van der Waals surface area contributed by atoms with Gasteiger partial charge in [0.15, 0.2) is 0 Å². The summed E-state index contributed by atoms with van der Waals surface area (Å²) >= 11 is 0. The van der Waals surface area contributed by atoms with Crippen LogP contribution in [-0.2, 0) is 0 Å². The summed E-state index contributed by atoms with van der Waals surface area (Å²) in [6, 6.07) is 107. The maximum atomic E-state index is 2.44. The lowest BCUT2D eigenvalue weighted by molar-refractivity contribution is 1.18. The van der Waals surface area contributed by atoms with E-state index in [-0.39, 0.29) is 0 Å². The monoisotopic (exact) mass is 1020 g/mol. The number of fused-ring (bicyclic) bond motifs is 8. The Balaban J connectivity index is 0.954. The highest BCUT2D eigenvalue weighted by Gasteiger charge is 2.21. The Kier molecular flexibility index (Phi) is 11.6. The van der Waals surface area contributed by atoms with Gasteiger partial charge in [0.25, 0.3) is 0 Å². The quantitative estimate of drug-likeness (QED) is 0.0954. The molecule has 374 valence electrons. The van der Waals surface area contributed by atoms with Gasteiger partial charge >= 0.3 is 0 Å². The largest absolute Gasteiger partial charge is 0.309 e. The zero-order valence-corrected chi connectivity index (χ0v) is 43.9. The molecule has 2 nitrogen and oxygen atoms in total. The normalized spacial score (nSPS) is 11.9. The zero-order valence-electron chi connectivity index (χ0n) is 43.9. The van der Waals surface area contributed by atoms with Crippen molar-refractivity contribution in [2.45, 2.75) is 0 Å². The summed E-state index contributed by atoms with van der Waals surface area (Å²) in [5.74, 6) is 0. The topological polar surface area (TPSA) is 9.86 Å². The van der Waals surface area contributed by atoms with Gasteiger partial charge in [-0.25, -0.2) is 0 Å². The second kappa shape index (κ2) is 19.8. The van der Waals surface area contributed by atoms with Gasteiger partial charge < -0.3 is 9.13 Å². The molecule has 0 saturated carbocycles. The van der Waals surface area contributed by atoms with Crippen LogP contribution in [0.15, 0.2) is 291 Å². The highest BCUT2D eigenvalue weighted by molar-refractivity contribution is 6.23. The fourth-order valence-electron chi connectivity index (χ4n) is 12.3. The molecule has 0 amide bonds. The molecule has 15 aromatic rings. The van der Waals surface area contributed by atoms with Gasteiger partial charge in [-0.05, 0) is 161 Å². The van der Waals surface area contributed by atoms with Gasteiger partial charge in [0, 0.05) is 32.9 Å². The second-order valence-electron chi connectivity index (χ2n) is 20.8. The molecular formula is C78H52N2. The Morgan fingerprint density at radius 2 is 0.487 bits per heavy atom. The molecule has 0 N–H and O–H groups in total. The van der Waals surface area contributed by atoms with Crippen molar-refractivity contribution in [2.75, 3.05) is 0 Å². The van der Waals surface area contributed by atoms with Gasteiger partial charge in [-0.3, -0.25) is 0 Å². The van der Waals surface area contributed by atoms with Crippen LogP contribution in [0.25, 0.3) is 145 Å². The molecule has 0 radical (unpaired) electrons. The van der Waals surface area contributed by atoms with E-state index in [2.05, 4.69) is 325 Å². The highest BCUT2D eigenvalue weighted by Crippen LogP contribution is 2.47. The smallest absolute Gasteiger partial charge is 0.0541 e. The van der Waals surface area contributed by atoms with Crippen molar-refractivity contribution < 1.29 is 0 Å². The average molecular weight is 1020 g/mol. The number of hydrogen-bond donors (Lipinski definition) is 0. The van der Waals surface area contributed by atoms with Crippen molar-refractivity contribution in [3.05, 3.63) is 313 Å². The summed E-state index contributed by atoms with van der Waals surface area (Å²) in [5.41, 5.74) is 21.1. The van der Waals surface area contributed by atoms with Gasteiger partial charge in [0.05, 0.1) is 22.1 Å². The Labute approximate surface area is 465 Å². The Morgan fingerprint density at radius 3 is 0.863 bits per heavy atom. The van der Waals surface area contributed by atoms with Crippen LogP contribution in [0, 0.1) is 0 Å². The van der Waals surface area contributed by atoms with Crippen LogP contribution in [-0.4, -0.2) is 9.13 Å².